The topological polar surface area (TPSA) is 71.5 Å². The molecule has 2 rings (SSSR count). The minimum atomic E-state index is -0.602. The third-order valence-corrected chi connectivity index (χ3v) is 2.90. The monoisotopic (exact) mass is 250 g/mol. The molecule has 1 saturated heterocycles. The number of nitrogens with one attached hydrogen (secondary N) is 1. The van der Waals surface area contributed by atoms with Crippen molar-refractivity contribution in [2.45, 2.75) is 32.4 Å². The SMILES string of the molecule is Cc1cc(CC(=O)N[C@H]2COC[C@H]2O)cc(C)n1. The van der Waals surface area contributed by atoms with E-state index in [0.29, 0.717) is 19.6 Å². The van der Waals surface area contributed by atoms with Gasteiger partial charge in [0.15, 0.2) is 0 Å². The second-order valence-electron chi connectivity index (χ2n) is 4.71. The van der Waals surface area contributed by atoms with Gasteiger partial charge < -0.3 is 15.2 Å². The van der Waals surface area contributed by atoms with Crippen molar-refractivity contribution in [3.05, 3.63) is 29.1 Å². The molecular formula is C13H18N2O3. The van der Waals surface area contributed by atoms with Crippen LogP contribution in [0.15, 0.2) is 12.1 Å². The third kappa shape index (κ3) is 3.27. The first kappa shape index (κ1) is 13.0. The molecule has 1 amide bonds. The molecule has 0 spiro atoms. The van der Waals surface area contributed by atoms with Gasteiger partial charge in [-0.3, -0.25) is 9.78 Å². The van der Waals surface area contributed by atoms with E-state index < -0.39 is 6.10 Å². The van der Waals surface area contributed by atoms with Crippen LogP contribution in [0.5, 0.6) is 0 Å². The van der Waals surface area contributed by atoms with Crippen LogP contribution in [-0.4, -0.2) is 41.4 Å². The van der Waals surface area contributed by atoms with Crippen LogP contribution in [0.2, 0.25) is 0 Å². The van der Waals surface area contributed by atoms with Gasteiger partial charge >= 0.3 is 0 Å². The van der Waals surface area contributed by atoms with Gasteiger partial charge in [0.1, 0.15) is 0 Å². The van der Waals surface area contributed by atoms with Crippen molar-refractivity contribution in [1.82, 2.24) is 10.3 Å². The second-order valence-corrected chi connectivity index (χ2v) is 4.71. The Bertz CT molecular complexity index is 428. The Morgan fingerprint density at radius 2 is 2.11 bits per heavy atom. The van der Waals surface area contributed by atoms with E-state index in [4.69, 9.17) is 4.74 Å². The fraction of sp³-hybridized carbons (Fsp3) is 0.538. The number of aliphatic hydroxyl groups excluding tert-OH is 1. The van der Waals surface area contributed by atoms with E-state index in [2.05, 4.69) is 10.3 Å². The van der Waals surface area contributed by atoms with Crippen LogP contribution in [0.1, 0.15) is 17.0 Å². The van der Waals surface area contributed by atoms with Gasteiger partial charge in [-0.1, -0.05) is 0 Å². The van der Waals surface area contributed by atoms with Gasteiger partial charge in [0, 0.05) is 11.4 Å². The molecule has 2 atom stereocenters. The van der Waals surface area contributed by atoms with Gasteiger partial charge in [0.25, 0.3) is 0 Å². The number of rotatable bonds is 3. The average Bonchev–Trinajstić information content (AvgIpc) is 2.62. The Morgan fingerprint density at radius 3 is 2.67 bits per heavy atom. The van der Waals surface area contributed by atoms with Gasteiger partial charge in [-0.25, -0.2) is 0 Å². The number of pyridine rings is 1. The highest BCUT2D eigenvalue weighted by atomic mass is 16.5. The zero-order valence-corrected chi connectivity index (χ0v) is 10.6. The molecule has 0 saturated carbocycles. The molecule has 0 unspecified atom stereocenters. The van der Waals surface area contributed by atoms with Crippen LogP contribution >= 0.6 is 0 Å². The Kier molecular flexibility index (Phi) is 3.93. The Labute approximate surface area is 106 Å². The minimum absolute atomic E-state index is 0.102. The van der Waals surface area contributed by atoms with E-state index in [1.54, 1.807) is 0 Å². The van der Waals surface area contributed by atoms with Gasteiger partial charge in [-0.2, -0.15) is 0 Å². The molecule has 1 aromatic rings. The molecule has 2 N–H and O–H groups in total. The summed E-state index contributed by atoms with van der Waals surface area (Å²) in [5.41, 5.74) is 2.75. The number of nitrogens with zero attached hydrogens (tertiary/aromatic N) is 1. The van der Waals surface area contributed by atoms with Gasteiger partial charge in [0.2, 0.25) is 5.91 Å². The molecule has 5 heteroatoms. The molecule has 0 aromatic carbocycles. The lowest BCUT2D eigenvalue weighted by Crippen LogP contribution is -2.43. The highest BCUT2D eigenvalue weighted by Crippen LogP contribution is 2.08. The molecular weight excluding hydrogens is 232 g/mol. The van der Waals surface area contributed by atoms with Crippen LogP contribution in [0.3, 0.4) is 0 Å². The fourth-order valence-corrected chi connectivity index (χ4v) is 2.15. The number of hydrogen-bond donors (Lipinski definition) is 2. The molecule has 1 aliphatic heterocycles. The second kappa shape index (κ2) is 5.46. The first-order valence-corrected chi connectivity index (χ1v) is 6.04. The van der Waals surface area contributed by atoms with E-state index in [9.17, 15) is 9.90 Å². The maximum absolute atomic E-state index is 11.8. The lowest BCUT2D eigenvalue weighted by Gasteiger charge is -2.14. The van der Waals surface area contributed by atoms with Gasteiger partial charge in [-0.15, -0.1) is 0 Å². The summed E-state index contributed by atoms with van der Waals surface area (Å²) < 4.78 is 5.08. The quantitative estimate of drug-likeness (QED) is 0.799. The zero-order chi connectivity index (χ0) is 13.1. The van der Waals surface area contributed by atoms with Crippen molar-refractivity contribution in [3.8, 4) is 0 Å². The van der Waals surface area contributed by atoms with Gasteiger partial charge in [-0.05, 0) is 31.5 Å². The number of ether oxygens (including phenoxy) is 1. The van der Waals surface area contributed by atoms with E-state index in [-0.39, 0.29) is 11.9 Å². The summed E-state index contributed by atoms with van der Waals surface area (Å²) in [6.07, 6.45) is -0.303. The summed E-state index contributed by atoms with van der Waals surface area (Å²) in [6.45, 7) is 4.48. The van der Waals surface area contributed by atoms with Crippen molar-refractivity contribution < 1.29 is 14.6 Å². The molecule has 0 bridgehead atoms. The zero-order valence-electron chi connectivity index (χ0n) is 10.6. The van der Waals surface area contributed by atoms with Crippen molar-refractivity contribution >= 4 is 5.91 Å². The molecule has 1 aliphatic rings. The number of carbonyl (C=O) groups excluding carboxylic acids is 1. The number of aromatic nitrogens is 1. The van der Waals surface area contributed by atoms with Crippen molar-refractivity contribution in [1.29, 1.82) is 0 Å². The number of aryl methyl sites for hydroxylation is 2. The van der Waals surface area contributed by atoms with Crippen molar-refractivity contribution in [2.75, 3.05) is 13.2 Å². The molecule has 1 fully saturated rings. The standard InChI is InChI=1S/C13H18N2O3/c1-8-3-10(4-9(2)14-8)5-13(17)15-11-6-18-7-12(11)16/h3-4,11-12,16H,5-7H2,1-2H3,(H,15,17)/t11-,12+/m0/s1. The molecule has 18 heavy (non-hydrogen) atoms. The fourth-order valence-electron chi connectivity index (χ4n) is 2.15. The van der Waals surface area contributed by atoms with E-state index in [1.165, 1.54) is 0 Å². The smallest absolute Gasteiger partial charge is 0.224 e. The molecule has 98 valence electrons. The van der Waals surface area contributed by atoms with E-state index in [1.807, 2.05) is 26.0 Å². The number of carbonyl (C=O) groups is 1. The number of hydrogen-bond acceptors (Lipinski definition) is 4. The normalized spacial score (nSPS) is 23.1. The number of aliphatic hydroxyl groups is 1. The van der Waals surface area contributed by atoms with Crippen LogP contribution in [0.25, 0.3) is 0 Å². The summed E-state index contributed by atoms with van der Waals surface area (Å²) in [5.74, 6) is -0.102. The summed E-state index contributed by atoms with van der Waals surface area (Å²) in [7, 11) is 0. The largest absolute Gasteiger partial charge is 0.388 e. The van der Waals surface area contributed by atoms with Crippen molar-refractivity contribution in [3.63, 3.8) is 0 Å². The average molecular weight is 250 g/mol. The van der Waals surface area contributed by atoms with E-state index >= 15 is 0 Å². The Hall–Kier alpha value is -1.46. The summed E-state index contributed by atoms with van der Waals surface area (Å²) in [4.78, 5) is 16.1. The predicted octanol–water partition coefficient (Wildman–Crippen LogP) is 0.117. The highest BCUT2D eigenvalue weighted by molar-refractivity contribution is 5.79. The lowest BCUT2D eigenvalue weighted by atomic mass is 10.1. The predicted molar refractivity (Wildman–Crippen MR) is 66.2 cm³/mol. The van der Waals surface area contributed by atoms with Crippen LogP contribution < -0.4 is 5.32 Å². The van der Waals surface area contributed by atoms with E-state index in [0.717, 1.165) is 17.0 Å². The van der Waals surface area contributed by atoms with Crippen molar-refractivity contribution in [2.24, 2.45) is 0 Å². The minimum Gasteiger partial charge on any atom is -0.388 e. The lowest BCUT2D eigenvalue weighted by molar-refractivity contribution is -0.121. The maximum atomic E-state index is 11.8. The first-order valence-electron chi connectivity index (χ1n) is 6.04. The molecule has 0 aliphatic carbocycles. The molecule has 1 aromatic heterocycles. The summed E-state index contributed by atoms with van der Waals surface area (Å²) in [5, 5.41) is 12.3. The Morgan fingerprint density at radius 1 is 1.44 bits per heavy atom. The third-order valence-electron chi connectivity index (χ3n) is 2.90. The highest BCUT2D eigenvalue weighted by Gasteiger charge is 2.27. The molecule has 5 nitrogen and oxygen atoms in total. The first-order chi connectivity index (χ1) is 8.54. The maximum Gasteiger partial charge on any atom is 0.224 e. The molecule has 2 heterocycles. The Balaban J connectivity index is 1.94. The molecule has 0 radical (unpaired) electrons. The van der Waals surface area contributed by atoms with Crippen LogP contribution in [-0.2, 0) is 16.0 Å². The summed E-state index contributed by atoms with van der Waals surface area (Å²) >= 11 is 0. The van der Waals surface area contributed by atoms with Gasteiger partial charge in [0.05, 0.1) is 31.8 Å². The van der Waals surface area contributed by atoms with Crippen LogP contribution in [0.4, 0.5) is 0 Å². The summed E-state index contributed by atoms with van der Waals surface area (Å²) in [6, 6.07) is 3.50. The van der Waals surface area contributed by atoms with Crippen LogP contribution in [0, 0.1) is 13.8 Å². The number of amides is 1.